The van der Waals surface area contributed by atoms with Gasteiger partial charge in [0.05, 0.1) is 19.9 Å². The van der Waals surface area contributed by atoms with Crippen molar-refractivity contribution in [1.29, 1.82) is 0 Å². The molecule has 1 heterocycles. The van der Waals surface area contributed by atoms with E-state index < -0.39 is 11.9 Å². The van der Waals surface area contributed by atoms with Gasteiger partial charge in [0, 0.05) is 6.08 Å². The van der Waals surface area contributed by atoms with Gasteiger partial charge in [0.1, 0.15) is 12.4 Å². The van der Waals surface area contributed by atoms with Crippen LogP contribution in [0.5, 0.6) is 11.5 Å². The summed E-state index contributed by atoms with van der Waals surface area (Å²) in [7, 11) is 1.55. The average molecular weight is 345 g/mol. The second-order valence-electron chi connectivity index (χ2n) is 4.81. The zero-order valence-electron chi connectivity index (χ0n) is 13.8. The van der Waals surface area contributed by atoms with E-state index in [0.717, 1.165) is 0 Å². The van der Waals surface area contributed by atoms with E-state index in [9.17, 15) is 9.59 Å². The maximum Gasteiger partial charge on any atom is 0.331 e. The Morgan fingerprint density at radius 2 is 1.96 bits per heavy atom. The van der Waals surface area contributed by atoms with E-state index in [1.165, 1.54) is 18.4 Å². The molecular formula is C18H19NO6. The summed E-state index contributed by atoms with van der Waals surface area (Å²) in [6.45, 7) is 0.172. The minimum Gasteiger partial charge on any atom is -0.493 e. The highest BCUT2D eigenvalue weighted by atomic mass is 16.5. The van der Waals surface area contributed by atoms with Crippen molar-refractivity contribution >= 4 is 18.0 Å². The Morgan fingerprint density at radius 3 is 2.68 bits per heavy atom. The predicted molar refractivity (Wildman–Crippen MR) is 90.2 cm³/mol. The van der Waals surface area contributed by atoms with Gasteiger partial charge < -0.3 is 23.9 Å². The maximum absolute atomic E-state index is 11.6. The number of hydrogen-bond acceptors (Lipinski definition) is 6. The Labute approximate surface area is 145 Å². The van der Waals surface area contributed by atoms with Crippen molar-refractivity contribution in [1.82, 2.24) is 5.32 Å². The molecule has 1 aromatic heterocycles. The van der Waals surface area contributed by atoms with Crippen molar-refractivity contribution in [3.05, 3.63) is 54.5 Å². The van der Waals surface area contributed by atoms with Crippen LogP contribution in [0.15, 0.2) is 53.2 Å². The monoisotopic (exact) mass is 345 g/mol. The summed E-state index contributed by atoms with van der Waals surface area (Å²) in [6.07, 6.45) is 4.14. The van der Waals surface area contributed by atoms with Crippen molar-refractivity contribution in [2.24, 2.45) is 0 Å². The van der Waals surface area contributed by atoms with Gasteiger partial charge in [-0.25, -0.2) is 4.79 Å². The van der Waals surface area contributed by atoms with Crippen LogP contribution >= 0.6 is 0 Å². The lowest BCUT2D eigenvalue weighted by Gasteiger charge is -2.10. The Kier molecular flexibility index (Phi) is 7.12. The minimum atomic E-state index is -0.628. The number of amides is 1. The molecule has 1 aromatic carbocycles. The highest BCUT2D eigenvalue weighted by molar-refractivity contribution is 5.88. The van der Waals surface area contributed by atoms with Crippen LogP contribution < -0.4 is 14.8 Å². The molecule has 0 aliphatic rings. The molecule has 0 saturated carbocycles. The van der Waals surface area contributed by atoms with Crippen molar-refractivity contribution < 1.29 is 28.2 Å². The first-order chi connectivity index (χ1) is 12.2. The zero-order valence-corrected chi connectivity index (χ0v) is 13.8. The molecule has 0 fully saturated rings. The highest BCUT2D eigenvalue weighted by Crippen LogP contribution is 2.25. The van der Waals surface area contributed by atoms with Gasteiger partial charge >= 0.3 is 5.97 Å². The topological polar surface area (TPSA) is 87.0 Å². The van der Waals surface area contributed by atoms with Gasteiger partial charge in [0.15, 0.2) is 18.1 Å². The van der Waals surface area contributed by atoms with Crippen LogP contribution in [0.25, 0.3) is 6.08 Å². The fraction of sp³-hybridized carbons (Fsp3) is 0.222. The molecule has 0 bridgehead atoms. The van der Waals surface area contributed by atoms with Gasteiger partial charge in [-0.3, -0.25) is 4.79 Å². The molecule has 7 heteroatoms. The van der Waals surface area contributed by atoms with Crippen molar-refractivity contribution in [2.75, 3.05) is 26.9 Å². The number of carbonyl (C=O) groups is 2. The van der Waals surface area contributed by atoms with Gasteiger partial charge in [-0.1, -0.05) is 12.1 Å². The van der Waals surface area contributed by atoms with Gasteiger partial charge in [-0.15, -0.1) is 0 Å². The summed E-state index contributed by atoms with van der Waals surface area (Å²) in [4.78, 5) is 23.1. The second kappa shape index (κ2) is 9.82. The van der Waals surface area contributed by atoms with Crippen LogP contribution in [0.3, 0.4) is 0 Å². The molecule has 0 spiro atoms. The Balaban J connectivity index is 1.61. The predicted octanol–water partition coefficient (Wildman–Crippen LogP) is 2.04. The van der Waals surface area contributed by atoms with E-state index in [0.29, 0.717) is 17.3 Å². The molecule has 2 rings (SSSR count). The van der Waals surface area contributed by atoms with E-state index >= 15 is 0 Å². The summed E-state index contributed by atoms with van der Waals surface area (Å²) < 4.78 is 20.5. The Morgan fingerprint density at radius 1 is 1.16 bits per heavy atom. The van der Waals surface area contributed by atoms with Crippen LogP contribution in [-0.4, -0.2) is 38.7 Å². The van der Waals surface area contributed by atoms with E-state index in [-0.39, 0.29) is 19.8 Å². The summed E-state index contributed by atoms with van der Waals surface area (Å²) in [6, 6.07) is 10.6. The number of carbonyl (C=O) groups excluding carboxylic acids is 2. The minimum absolute atomic E-state index is 0.262. The van der Waals surface area contributed by atoms with Gasteiger partial charge in [0.2, 0.25) is 0 Å². The van der Waals surface area contributed by atoms with E-state index in [1.807, 2.05) is 12.1 Å². The van der Waals surface area contributed by atoms with Crippen molar-refractivity contribution in [3.63, 3.8) is 0 Å². The third-order valence-electron chi connectivity index (χ3n) is 3.02. The zero-order chi connectivity index (χ0) is 17.9. The fourth-order valence-corrected chi connectivity index (χ4v) is 1.86. The molecule has 2 aromatic rings. The Bertz CT molecular complexity index is 708. The van der Waals surface area contributed by atoms with Gasteiger partial charge in [0.25, 0.3) is 5.91 Å². The van der Waals surface area contributed by atoms with Crippen LogP contribution in [0.4, 0.5) is 0 Å². The highest BCUT2D eigenvalue weighted by Gasteiger charge is 2.06. The number of rotatable bonds is 9. The lowest BCUT2D eigenvalue weighted by Crippen LogP contribution is -2.31. The van der Waals surface area contributed by atoms with E-state index in [4.69, 9.17) is 18.6 Å². The normalized spacial score (nSPS) is 10.4. The second-order valence-corrected chi connectivity index (χ2v) is 4.81. The molecule has 132 valence electrons. The van der Waals surface area contributed by atoms with E-state index in [1.54, 1.807) is 31.4 Å². The molecule has 7 nitrogen and oxygen atoms in total. The molecule has 1 N–H and O–H groups in total. The molecule has 1 amide bonds. The summed E-state index contributed by atoms with van der Waals surface area (Å²) in [5.74, 6) is 0.690. The SMILES string of the molecule is COc1ccccc1OCCNC(=O)COC(=O)/C=C/c1ccco1. The number of nitrogens with one attached hydrogen (secondary N) is 1. The number of hydrogen-bond donors (Lipinski definition) is 1. The van der Waals surface area contributed by atoms with Crippen LogP contribution in [-0.2, 0) is 14.3 Å². The van der Waals surface area contributed by atoms with Crippen molar-refractivity contribution in [3.8, 4) is 11.5 Å². The number of para-hydroxylation sites is 2. The first kappa shape index (κ1) is 18.1. The summed E-state index contributed by atoms with van der Waals surface area (Å²) in [5, 5.41) is 2.59. The molecule has 0 aliphatic carbocycles. The molecule has 0 atom stereocenters. The van der Waals surface area contributed by atoms with Crippen LogP contribution in [0, 0.1) is 0 Å². The first-order valence-corrected chi connectivity index (χ1v) is 7.60. The molecule has 0 saturated heterocycles. The lowest BCUT2D eigenvalue weighted by atomic mass is 10.3. The number of benzene rings is 1. The van der Waals surface area contributed by atoms with Gasteiger partial charge in [-0.05, 0) is 30.3 Å². The fourth-order valence-electron chi connectivity index (χ4n) is 1.86. The molecule has 0 radical (unpaired) electrons. The largest absolute Gasteiger partial charge is 0.493 e. The average Bonchev–Trinajstić information content (AvgIpc) is 3.15. The molecule has 0 unspecified atom stereocenters. The maximum atomic E-state index is 11.6. The van der Waals surface area contributed by atoms with E-state index in [2.05, 4.69) is 5.32 Å². The smallest absolute Gasteiger partial charge is 0.331 e. The quantitative estimate of drug-likeness (QED) is 0.425. The molecule has 25 heavy (non-hydrogen) atoms. The standard InChI is InChI=1S/C18H19NO6/c1-22-15-6-2-3-7-16(15)24-12-10-19-17(20)13-25-18(21)9-8-14-5-4-11-23-14/h2-9,11H,10,12-13H2,1H3,(H,19,20)/b9-8+. The number of esters is 1. The molecule has 0 aliphatic heterocycles. The number of furan rings is 1. The van der Waals surface area contributed by atoms with Crippen LogP contribution in [0.1, 0.15) is 5.76 Å². The van der Waals surface area contributed by atoms with Crippen molar-refractivity contribution in [2.45, 2.75) is 0 Å². The number of ether oxygens (including phenoxy) is 3. The summed E-state index contributed by atoms with van der Waals surface area (Å²) >= 11 is 0. The van der Waals surface area contributed by atoms with Crippen LogP contribution in [0.2, 0.25) is 0 Å². The first-order valence-electron chi connectivity index (χ1n) is 7.60. The van der Waals surface area contributed by atoms with Gasteiger partial charge in [-0.2, -0.15) is 0 Å². The summed E-state index contributed by atoms with van der Waals surface area (Å²) in [5.41, 5.74) is 0. The third-order valence-corrected chi connectivity index (χ3v) is 3.02. The lowest BCUT2D eigenvalue weighted by molar-refractivity contribution is -0.143. The Hall–Kier alpha value is -3.22. The third kappa shape index (κ3) is 6.42. The molecular weight excluding hydrogens is 326 g/mol. The number of methoxy groups -OCH3 is 1.